The van der Waals surface area contributed by atoms with Crippen molar-refractivity contribution in [3.8, 4) is 0 Å². The third-order valence-electron chi connectivity index (χ3n) is 2.84. The summed E-state index contributed by atoms with van der Waals surface area (Å²) >= 11 is 0. The van der Waals surface area contributed by atoms with Gasteiger partial charge in [0, 0.05) is 0 Å². The molecule has 4 heteroatoms. The zero-order valence-electron chi connectivity index (χ0n) is 10.2. The summed E-state index contributed by atoms with van der Waals surface area (Å²) in [6.07, 6.45) is 1.46. The van der Waals surface area contributed by atoms with Gasteiger partial charge >= 0.3 is 0 Å². The molecule has 0 aliphatic rings. The summed E-state index contributed by atoms with van der Waals surface area (Å²) in [6.45, 7) is 4.07. The predicted octanol–water partition coefficient (Wildman–Crippen LogP) is 2.38. The predicted molar refractivity (Wildman–Crippen MR) is 65.5 cm³/mol. The highest BCUT2D eigenvalue weighted by Crippen LogP contribution is 2.16. The summed E-state index contributed by atoms with van der Waals surface area (Å²) in [4.78, 5) is 0. The van der Waals surface area contributed by atoms with Crippen LogP contribution in [0.1, 0.15) is 42.3 Å². The highest BCUT2D eigenvalue weighted by molar-refractivity contribution is 5.27. The van der Waals surface area contributed by atoms with Gasteiger partial charge in [0.1, 0.15) is 0 Å². The maximum absolute atomic E-state index is 5.83. The van der Waals surface area contributed by atoms with Gasteiger partial charge in [0.25, 0.3) is 0 Å². The molecule has 4 nitrogen and oxygen atoms in total. The molecule has 0 spiro atoms. The first-order valence-corrected chi connectivity index (χ1v) is 5.83. The van der Waals surface area contributed by atoms with E-state index in [0.29, 0.717) is 18.2 Å². The zero-order chi connectivity index (χ0) is 12.3. The van der Waals surface area contributed by atoms with E-state index in [0.717, 1.165) is 6.42 Å². The maximum atomic E-state index is 5.83. The Labute approximate surface area is 101 Å². The molecule has 17 heavy (non-hydrogen) atoms. The molecule has 2 rings (SSSR count). The molecular formula is C13H17N3O. The number of hydrogen-bond donors (Lipinski definition) is 1. The summed E-state index contributed by atoms with van der Waals surface area (Å²) in [5, 5.41) is 8.00. The van der Waals surface area contributed by atoms with E-state index in [1.165, 1.54) is 11.1 Å². The molecule has 0 fully saturated rings. The van der Waals surface area contributed by atoms with Crippen LogP contribution in [0.15, 0.2) is 28.7 Å². The normalized spacial score (nSPS) is 12.6. The lowest BCUT2D eigenvalue weighted by atomic mass is 10.1. The summed E-state index contributed by atoms with van der Waals surface area (Å²) in [5.74, 6) is 1.15. The van der Waals surface area contributed by atoms with Crippen molar-refractivity contribution in [3.05, 3.63) is 47.2 Å². The Hall–Kier alpha value is -1.68. The average Bonchev–Trinajstić information content (AvgIpc) is 2.80. The van der Waals surface area contributed by atoms with Crippen molar-refractivity contribution in [1.29, 1.82) is 0 Å². The summed E-state index contributed by atoms with van der Waals surface area (Å²) in [5.41, 5.74) is 8.27. The minimum atomic E-state index is -0.159. The molecule has 0 saturated heterocycles. The number of hydrogen-bond acceptors (Lipinski definition) is 4. The SMILES string of the molecule is CCC(N)c1nnc(Cc2ccccc2C)o1. The van der Waals surface area contributed by atoms with Gasteiger partial charge < -0.3 is 10.2 Å². The van der Waals surface area contributed by atoms with Crippen LogP contribution >= 0.6 is 0 Å². The van der Waals surface area contributed by atoms with Crippen LogP contribution in [-0.2, 0) is 6.42 Å². The molecule has 0 aliphatic carbocycles. The van der Waals surface area contributed by atoms with Crippen molar-refractivity contribution in [2.75, 3.05) is 0 Å². The van der Waals surface area contributed by atoms with Crippen LogP contribution in [0, 0.1) is 6.92 Å². The molecule has 0 saturated carbocycles. The van der Waals surface area contributed by atoms with Crippen LogP contribution in [0.2, 0.25) is 0 Å². The summed E-state index contributed by atoms with van der Waals surface area (Å²) in [6, 6.07) is 8.01. The second-order valence-electron chi connectivity index (χ2n) is 4.15. The molecule has 1 aromatic carbocycles. The minimum Gasteiger partial charge on any atom is -0.423 e. The average molecular weight is 231 g/mol. The quantitative estimate of drug-likeness (QED) is 0.877. The van der Waals surface area contributed by atoms with Crippen molar-refractivity contribution < 1.29 is 4.42 Å². The molecule has 2 N–H and O–H groups in total. The van der Waals surface area contributed by atoms with E-state index in [1.54, 1.807) is 0 Å². The van der Waals surface area contributed by atoms with Gasteiger partial charge in [-0.3, -0.25) is 0 Å². The lowest BCUT2D eigenvalue weighted by molar-refractivity contribution is 0.418. The van der Waals surface area contributed by atoms with Crippen LogP contribution in [0.25, 0.3) is 0 Å². The molecule has 2 aromatic rings. The third-order valence-corrected chi connectivity index (χ3v) is 2.84. The topological polar surface area (TPSA) is 64.9 Å². The van der Waals surface area contributed by atoms with Gasteiger partial charge in [-0.05, 0) is 24.5 Å². The summed E-state index contributed by atoms with van der Waals surface area (Å²) in [7, 11) is 0. The van der Waals surface area contributed by atoms with E-state index < -0.39 is 0 Å². The Morgan fingerprint density at radius 2 is 2.06 bits per heavy atom. The molecule has 1 atom stereocenters. The Balaban J connectivity index is 2.14. The standard InChI is InChI=1S/C13H17N3O/c1-3-11(14)13-16-15-12(17-13)8-10-7-5-4-6-9(10)2/h4-7,11H,3,8,14H2,1-2H3. The van der Waals surface area contributed by atoms with Crippen LogP contribution in [0.4, 0.5) is 0 Å². The number of nitrogens with zero attached hydrogens (tertiary/aromatic N) is 2. The molecule has 1 aromatic heterocycles. The van der Waals surface area contributed by atoms with E-state index in [-0.39, 0.29) is 6.04 Å². The monoisotopic (exact) mass is 231 g/mol. The molecule has 1 unspecified atom stereocenters. The van der Waals surface area contributed by atoms with E-state index >= 15 is 0 Å². The highest BCUT2D eigenvalue weighted by Gasteiger charge is 2.13. The first kappa shape index (κ1) is 11.8. The molecule has 0 radical (unpaired) electrons. The van der Waals surface area contributed by atoms with E-state index in [4.69, 9.17) is 10.2 Å². The van der Waals surface area contributed by atoms with Gasteiger partial charge in [0.05, 0.1) is 12.5 Å². The molecule has 90 valence electrons. The number of rotatable bonds is 4. The van der Waals surface area contributed by atoms with Gasteiger partial charge in [-0.25, -0.2) is 0 Å². The van der Waals surface area contributed by atoms with Gasteiger partial charge in [-0.15, -0.1) is 10.2 Å². The minimum absolute atomic E-state index is 0.159. The van der Waals surface area contributed by atoms with Crippen LogP contribution < -0.4 is 5.73 Å². The van der Waals surface area contributed by atoms with Crippen molar-refractivity contribution in [1.82, 2.24) is 10.2 Å². The molecule has 1 heterocycles. The van der Waals surface area contributed by atoms with Crippen LogP contribution in [0.3, 0.4) is 0 Å². The Morgan fingerprint density at radius 3 is 2.76 bits per heavy atom. The second kappa shape index (κ2) is 5.10. The molecule has 0 aliphatic heterocycles. The van der Waals surface area contributed by atoms with Gasteiger partial charge in [0.15, 0.2) is 0 Å². The van der Waals surface area contributed by atoms with Crippen molar-refractivity contribution in [2.45, 2.75) is 32.7 Å². The first-order valence-electron chi connectivity index (χ1n) is 5.83. The van der Waals surface area contributed by atoms with Crippen molar-refractivity contribution >= 4 is 0 Å². The lowest BCUT2D eigenvalue weighted by Gasteiger charge is -2.02. The van der Waals surface area contributed by atoms with Crippen molar-refractivity contribution in [2.24, 2.45) is 5.73 Å². The number of aromatic nitrogens is 2. The van der Waals surface area contributed by atoms with Crippen LogP contribution in [0.5, 0.6) is 0 Å². The maximum Gasteiger partial charge on any atom is 0.233 e. The molecule has 0 amide bonds. The van der Waals surface area contributed by atoms with Crippen molar-refractivity contribution in [3.63, 3.8) is 0 Å². The van der Waals surface area contributed by atoms with Gasteiger partial charge in [-0.1, -0.05) is 31.2 Å². The fourth-order valence-corrected chi connectivity index (χ4v) is 1.63. The van der Waals surface area contributed by atoms with Gasteiger partial charge in [0.2, 0.25) is 11.8 Å². The smallest absolute Gasteiger partial charge is 0.233 e. The highest BCUT2D eigenvalue weighted by atomic mass is 16.4. The fourth-order valence-electron chi connectivity index (χ4n) is 1.63. The zero-order valence-corrected chi connectivity index (χ0v) is 10.2. The Bertz CT molecular complexity index is 493. The first-order chi connectivity index (χ1) is 8.20. The second-order valence-corrected chi connectivity index (χ2v) is 4.15. The third kappa shape index (κ3) is 2.71. The van der Waals surface area contributed by atoms with E-state index in [2.05, 4.69) is 29.3 Å². The van der Waals surface area contributed by atoms with Gasteiger partial charge in [-0.2, -0.15) is 0 Å². The van der Waals surface area contributed by atoms with E-state index in [9.17, 15) is 0 Å². The number of aryl methyl sites for hydroxylation is 1. The largest absolute Gasteiger partial charge is 0.423 e. The molecule has 0 bridgehead atoms. The number of nitrogens with two attached hydrogens (primary N) is 1. The fraction of sp³-hybridized carbons (Fsp3) is 0.385. The Morgan fingerprint density at radius 1 is 1.29 bits per heavy atom. The molecular weight excluding hydrogens is 214 g/mol. The van der Waals surface area contributed by atoms with E-state index in [1.807, 2.05) is 19.1 Å². The Kier molecular flexibility index (Phi) is 3.54. The lowest BCUT2D eigenvalue weighted by Crippen LogP contribution is -2.08. The summed E-state index contributed by atoms with van der Waals surface area (Å²) < 4.78 is 5.55. The number of benzene rings is 1. The van der Waals surface area contributed by atoms with Crippen LogP contribution in [-0.4, -0.2) is 10.2 Å².